The van der Waals surface area contributed by atoms with E-state index in [0.717, 1.165) is 0 Å². The van der Waals surface area contributed by atoms with Crippen LogP contribution in [0, 0.1) is 5.41 Å². The Morgan fingerprint density at radius 2 is 2.09 bits per heavy atom. The van der Waals surface area contributed by atoms with E-state index in [2.05, 4.69) is 26.1 Å². The molecule has 6 heteroatoms. The number of amides is 2. The molecule has 22 heavy (non-hydrogen) atoms. The number of carbonyl (C=O) groups is 1. The number of nitrogens with zero attached hydrogens (tertiary/aromatic N) is 1. The molecule has 0 bridgehead atoms. The molecule has 0 heterocycles. The summed E-state index contributed by atoms with van der Waals surface area (Å²) in [6.07, 6.45) is 0.538. The number of carbonyl (C=O) groups excluding carboxylic acids is 1. The molecule has 5 nitrogen and oxygen atoms in total. The third-order valence-corrected chi connectivity index (χ3v) is 3.25. The largest absolute Gasteiger partial charge is 0.493 e. The lowest BCUT2D eigenvalue weighted by atomic mass is 9.96. The van der Waals surface area contributed by atoms with E-state index >= 15 is 0 Å². The van der Waals surface area contributed by atoms with Crippen LogP contribution in [0.1, 0.15) is 27.2 Å². The molecule has 2 amide bonds. The lowest BCUT2D eigenvalue weighted by molar-refractivity contribution is 0.176. The number of rotatable bonds is 6. The van der Waals surface area contributed by atoms with Crippen molar-refractivity contribution in [3.63, 3.8) is 0 Å². The number of nitrogens with one attached hydrogen (secondary N) is 1. The first kappa shape index (κ1) is 18.6. The molecule has 124 valence electrons. The number of aliphatic hydroxyl groups is 1. The van der Waals surface area contributed by atoms with Crippen molar-refractivity contribution in [3.05, 3.63) is 23.2 Å². The van der Waals surface area contributed by atoms with Crippen molar-refractivity contribution >= 4 is 23.3 Å². The average molecular weight is 329 g/mol. The molecule has 0 spiro atoms. The fourth-order valence-corrected chi connectivity index (χ4v) is 2.35. The van der Waals surface area contributed by atoms with Crippen LogP contribution in [0.3, 0.4) is 0 Å². The van der Waals surface area contributed by atoms with Crippen LogP contribution in [0.15, 0.2) is 18.2 Å². The number of urea groups is 1. The molecule has 0 fully saturated rings. The topological polar surface area (TPSA) is 61.8 Å². The quantitative estimate of drug-likeness (QED) is 0.838. The van der Waals surface area contributed by atoms with E-state index in [0.29, 0.717) is 36.0 Å². The molecule has 1 aromatic rings. The highest BCUT2D eigenvalue weighted by Gasteiger charge is 2.22. The monoisotopic (exact) mass is 328 g/mol. The molecule has 0 radical (unpaired) electrons. The van der Waals surface area contributed by atoms with Crippen molar-refractivity contribution in [2.24, 2.45) is 5.41 Å². The molecule has 1 rings (SSSR count). The summed E-state index contributed by atoms with van der Waals surface area (Å²) in [5.74, 6) is 0.440. The second kappa shape index (κ2) is 8.25. The summed E-state index contributed by atoms with van der Waals surface area (Å²) >= 11 is 6.06. The molecular weight excluding hydrogens is 304 g/mol. The van der Waals surface area contributed by atoms with E-state index in [9.17, 15) is 4.79 Å². The summed E-state index contributed by atoms with van der Waals surface area (Å²) in [5, 5.41) is 12.3. The van der Waals surface area contributed by atoms with E-state index in [1.54, 1.807) is 23.1 Å². The van der Waals surface area contributed by atoms with Crippen LogP contribution in [0.5, 0.6) is 5.75 Å². The van der Waals surface area contributed by atoms with Gasteiger partial charge >= 0.3 is 6.03 Å². The van der Waals surface area contributed by atoms with Crippen LogP contribution in [-0.2, 0) is 0 Å². The van der Waals surface area contributed by atoms with Crippen molar-refractivity contribution in [1.82, 2.24) is 4.90 Å². The lowest BCUT2D eigenvalue weighted by Gasteiger charge is -2.30. The Balaban J connectivity index is 2.88. The number of hydrogen-bond acceptors (Lipinski definition) is 3. The van der Waals surface area contributed by atoms with Gasteiger partial charge in [0.25, 0.3) is 0 Å². The number of hydrogen-bond donors (Lipinski definition) is 2. The number of aliphatic hydroxyl groups excluding tert-OH is 1. The summed E-state index contributed by atoms with van der Waals surface area (Å²) in [6.45, 7) is 7.31. The Bertz CT molecular complexity index is 501. The van der Waals surface area contributed by atoms with Gasteiger partial charge in [0.05, 0.1) is 17.8 Å². The Hall–Kier alpha value is -1.46. The predicted octanol–water partition coefficient (Wildman–Crippen LogP) is 3.61. The van der Waals surface area contributed by atoms with Crippen LogP contribution in [0.2, 0.25) is 5.02 Å². The number of para-hydroxylation sites is 1. The van der Waals surface area contributed by atoms with Crippen molar-refractivity contribution in [2.75, 3.05) is 32.1 Å². The molecule has 0 saturated carbocycles. The molecule has 0 aliphatic heterocycles. The molecule has 0 atom stereocenters. The summed E-state index contributed by atoms with van der Waals surface area (Å²) < 4.78 is 5.23. The Morgan fingerprint density at radius 3 is 2.64 bits per heavy atom. The van der Waals surface area contributed by atoms with Gasteiger partial charge in [-0.15, -0.1) is 0 Å². The molecule has 0 aliphatic rings. The minimum absolute atomic E-state index is 0.0365. The van der Waals surface area contributed by atoms with Crippen LogP contribution in [-0.4, -0.2) is 42.8 Å². The molecule has 1 aromatic carbocycles. The second-order valence-corrected chi connectivity index (χ2v) is 6.72. The summed E-state index contributed by atoms with van der Waals surface area (Å²) in [6, 6.07) is 4.96. The highest BCUT2D eigenvalue weighted by Crippen LogP contribution is 2.32. The Morgan fingerprint density at radius 1 is 1.41 bits per heavy atom. The Kier molecular flexibility index (Phi) is 6.97. The van der Waals surface area contributed by atoms with E-state index < -0.39 is 0 Å². The first-order valence-corrected chi connectivity index (χ1v) is 7.65. The minimum Gasteiger partial charge on any atom is -0.493 e. The minimum atomic E-state index is -0.232. The average Bonchev–Trinajstić information content (AvgIpc) is 2.42. The summed E-state index contributed by atoms with van der Waals surface area (Å²) in [7, 11) is 1.51. The molecular formula is C16H25ClN2O3. The third kappa shape index (κ3) is 5.73. The van der Waals surface area contributed by atoms with Crippen LogP contribution in [0.25, 0.3) is 0 Å². The van der Waals surface area contributed by atoms with Gasteiger partial charge in [0.15, 0.2) is 5.75 Å². The zero-order valence-electron chi connectivity index (χ0n) is 13.6. The van der Waals surface area contributed by atoms with Crippen molar-refractivity contribution in [3.8, 4) is 5.75 Å². The number of anilines is 1. The number of methoxy groups -OCH3 is 1. The lowest BCUT2D eigenvalue weighted by Crippen LogP contribution is -2.41. The maximum atomic E-state index is 12.5. The zero-order chi connectivity index (χ0) is 16.8. The highest BCUT2D eigenvalue weighted by atomic mass is 35.5. The molecule has 0 unspecified atom stereocenters. The molecule has 0 aliphatic carbocycles. The van der Waals surface area contributed by atoms with Gasteiger partial charge in [-0.1, -0.05) is 38.4 Å². The fraction of sp³-hybridized carbons (Fsp3) is 0.562. The number of benzene rings is 1. The van der Waals surface area contributed by atoms with Crippen molar-refractivity contribution in [1.29, 1.82) is 0 Å². The van der Waals surface area contributed by atoms with E-state index in [1.165, 1.54) is 7.11 Å². The van der Waals surface area contributed by atoms with Crippen LogP contribution >= 0.6 is 11.6 Å². The standard InChI is InChI=1S/C16H25ClN2O3/c1-16(2,3)11-19(9-6-10-20)15(21)18-13-8-5-7-12(17)14(13)22-4/h5,7-8,20H,6,9-11H2,1-4H3,(H,18,21). The van der Waals surface area contributed by atoms with E-state index in [-0.39, 0.29) is 18.1 Å². The molecule has 0 aromatic heterocycles. The van der Waals surface area contributed by atoms with E-state index in [4.69, 9.17) is 21.4 Å². The second-order valence-electron chi connectivity index (χ2n) is 6.31. The summed E-state index contributed by atoms with van der Waals surface area (Å²) in [5.41, 5.74) is 0.494. The maximum absolute atomic E-state index is 12.5. The smallest absolute Gasteiger partial charge is 0.321 e. The van der Waals surface area contributed by atoms with Crippen molar-refractivity contribution < 1.29 is 14.6 Å². The molecule has 0 saturated heterocycles. The Labute approximate surface area is 137 Å². The van der Waals surface area contributed by atoms with Gasteiger partial charge in [-0.3, -0.25) is 0 Å². The maximum Gasteiger partial charge on any atom is 0.321 e. The highest BCUT2D eigenvalue weighted by molar-refractivity contribution is 6.32. The van der Waals surface area contributed by atoms with Crippen LogP contribution < -0.4 is 10.1 Å². The SMILES string of the molecule is COc1c(Cl)cccc1NC(=O)N(CCCO)CC(C)(C)C. The molecule has 2 N–H and O–H groups in total. The summed E-state index contributed by atoms with van der Waals surface area (Å²) in [4.78, 5) is 14.2. The number of ether oxygens (including phenoxy) is 1. The van der Waals surface area contributed by atoms with Gasteiger partial charge < -0.3 is 20.1 Å². The zero-order valence-corrected chi connectivity index (χ0v) is 14.4. The first-order chi connectivity index (χ1) is 10.3. The van der Waals surface area contributed by atoms with Gasteiger partial charge in [0.1, 0.15) is 0 Å². The van der Waals surface area contributed by atoms with Gasteiger partial charge in [-0.2, -0.15) is 0 Å². The predicted molar refractivity (Wildman–Crippen MR) is 89.8 cm³/mol. The number of halogens is 1. The van der Waals surface area contributed by atoms with Crippen molar-refractivity contribution in [2.45, 2.75) is 27.2 Å². The fourth-order valence-electron chi connectivity index (χ4n) is 2.10. The van der Waals surface area contributed by atoms with Crippen LogP contribution in [0.4, 0.5) is 10.5 Å². The van der Waals surface area contributed by atoms with Gasteiger partial charge in [-0.05, 0) is 24.0 Å². The normalized spacial score (nSPS) is 11.2. The first-order valence-electron chi connectivity index (χ1n) is 7.28. The third-order valence-electron chi connectivity index (χ3n) is 2.95. The van der Waals surface area contributed by atoms with E-state index in [1.807, 2.05) is 0 Å². The van der Waals surface area contributed by atoms with Gasteiger partial charge in [0, 0.05) is 19.7 Å². The van der Waals surface area contributed by atoms with Gasteiger partial charge in [0.2, 0.25) is 0 Å². The van der Waals surface area contributed by atoms with Gasteiger partial charge in [-0.25, -0.2) is 4.79 Å².